The minimum atomic E-state index is -3.16. The van der Waals surface area contributed by atoms with Crippen molar-refractivity contribution in [3.63, 3.8) is 0 Å². The number of nitrogens with zero attached hydrogens (tertiary/aromatic N) is 5. The molecule has 13 heteroatoms. The number of carbonyl (C=O) groups is 1. The van der Waals surface area contributed by atoms with Crippen LogP contribution in [0.4, 0.5) is 39.3 Å². The summed E-state index contributed by atoms with van der Waals surface area (Å²) in [6.07, 6.45) is -0.574. The summed E-state index contributed by atoms with van der Waals surface area (Å²) in [7, 11) is 1.95. The molecule has 1 amide bonds. The minimum Gasteiger partial charge on any atom is -0.378 e. The van der Waals surface area contributed by atoms with E-state index >= 15 is 8.78 Å². The van der Waals surface area contributed by atoms with Crippen LogP contribution >= 0.6 is 0 Å². The largest absolute Gasteiger partial charge is 0.378 e. The SMILES string of the molecule is CC1CN(c2cc(F)c(-c3cnc(N4CCOCC4)nc3)c(F)c2NC(=O)c2ccc(F)cc2C(F)F)CC(C)N1C. The van der Waals surface area contributed by atoms with E-state index in [0.717, 1.165) is 18.2 Å². The number of ether oxygens (including phenoxy) is 1. The van der Waals surface area contributed by atoms with Crippen LogP contribution in [0.3, 0.4) is 0 Å². The van der Waals surface area contributed by atoms with E-state index in [-0.39, 0.29) is 29.0 Å². The Balaban J connectivity index is 1.58. The number of aromatic nitrogens is 2. The van der Waals surface area contributed by atoms with Gasteiger partial charge < -0.3 is 19.9 Å². The second kappa shape index (κ2) is 12.2. The fraction of sp³-hybridized carbons (Fsp3) is 0.414. The third-order valence-corrected chi connectivity index (χ3v) is 7.85. The van der Waals surface area contributed by atoms with Gasteiger partial charge in [0.2, 0.25) is 5.95 Å². The second-order valence-corrected chi connectivity index (χ2v) is 10.6. The summed E-state index contributed by atoms with van der Waals surface area (Å²) in [5.74, 6) is -3.67. The molecule has 0 radical (unpaired) electrons. The molecule has 3 aromatic rings. The van der Waals surface area contributed by atoms with Gasteiger partial charge in [-0.25, -0.2) is 31.9 Å². The molecule has 8 nitrogen and oxygen atoms in total. The minimum absolute atomic E-state index is 0.00627. The lowest BCUT2D eigenvalue weighted by Crippen LogP contribution is -2.55. The first-order valence-corrected chi connectivity index (χ1v) is 13.6. The first-order chi connectivity index (χ1) is 20.0. The molecule has 2 aliphatic rings. The number of morpholine rings is 1. The Morgan fingerprint density at radius 2 is 1.64 bits per heavy atom. The zero-order valence-electron chi connectivity index (χ0n) is 23.4. The van der Waals surface area contributed by atoms with Gasteiger partial charge >= 0.3 is 0 Å². The fourth-order valence-electron chi connectivity index (χ4n) is 5.32. The average Bonchev–Trinajstić information content (AvgIpc) is 2.97. The second-order valence-electron chi connectivity index (χ2n) is 10.6. The highest BCUT2D eigenvalue weighted by Crippen LogP contribution is 2.39. The quantitative estimate of drug-likeness (QED) is 0.400. The normalized spacial score (nSPS) is 19.8. The van der Waals surface area contributed by atoms with Gasteiger partial charge in [-0.2, -0.15) is 0 Å². The number of likely N-dealkylation sites (N-methyl/N-ethyl adjacent to an activating group) is 1. The van der Waals surface area contributed by atoms with Crippen molar-refractivity contribution >= 4 is 23.2 Å². The molecule has 2 saturated heterocycles. The van der Waals surface area contributed by atoms with E-state index in [0.29, 0.717) is 51.4 Å². The highest BCUT2D eigenvalue weighted by atomic mass is 19.3. The Morgan fingerprint density at radius 1 is 1.00 bits per heavy atom. The van der Waals surface area contributed by atoms with Gasteiger partial charge in [-0.15, -0.1) is 0 Å². The highest BCUT2D eigenvalue weighted by Gasteiger charge is 2.32. The van der Waals surface area contributed by atoms with E-state index in [1.54, 1.807) is 4.90 Å². The van der Waals surface area contributed by atoms with Crippen molar-refractivity contribution in [2.75, 3.05) is 61.6 Å². The molecule has 3 heterocycles. The topological polar surface area (TPSA) is 73.8 Å². The molecular formula is C29H31F5N6O2. The summed E-state index contributed by atoms with van der Waals surface area (Å²) < 4.78 is 78.5. The zero-order valence-corrected chi connectivity index (χ0v) is 23.4. The number of hydrogen-bond acceptors (Lipinski definition) is 7. The molecule has 0 saturated carbocycles. The summed E-state index contributed by atoms with van der Waals surface area (Å²) in [5.41, 5.74) is -2.15. The van der Waals surface area contributed by atoms with E-state index in [1.807, 2.05) is 25.8 Å². The van der Waals surface area contributed by atoms with Gasteiger partial charge in [0, 0.05) is 73.4 Å². The van der Waals surface area contributed by atoms with Crippen molar-refractivity contribution in [3.05, 3.63) is 65.2 Å². The lowest BCUT2D eigenvalue weighted by Gasteiger charge is -2.44. The fourth-order valence-corrected chi connectivity index (χ4v) is 5.32. The summed E-state index contributed by atoms with van der Waals surface area (Å²) in [6.45, 7) is 6.84. The number of alkyl halides is 2. The standard InChI is InChI=1S/C29H31F5N6O2/c1-16-14-40(15-17(2)38(16)3)23-11-22(31)24(18-12-35-29(36-13-18)39-6-8-42-9-7-39)25(32)26(23)37-28(41)20-5-4-19(30)10-21(20)27(33)34/h4-5,10-13,16-17,27H,6-9,14-15H2,1-3H3,(H,37,41). The lowest BCUT2D eigenvalue weighted by atomic mass is 10.0. The zero-order chi connectivity index (χ0) is 30.1. The Morgan fingerprint density at radius 3 is 2.26 bits per heavy atom. The third kappa shape index (κ3) is 5.88. The lowest BCUT2D eigenvalue weighted by molar-refractivity contribution is 0.101. The number of amides is 1. The molecule has 2 unspecified atom stereocenters. The van der Waals surface area contributed by atoms with Crippen LogP contribution in [0.5, 0.6) is 0 Å². The number of benzene rings is 2. The summed E-state index contributed by atoms with van der Waals surface area (Å²) in [6, 6.07) is 3.47. The van der Waals surface area contributed by atoms with E-state index in [4.69, 9.17) is 4.74 Å². The summed E-state index contributed by atoms with van der Waals surface area (Å²) in [4.78, 5) is 27.6. The van der Waals surface area contributed by atoms with Crippen LogP contribution in [0.2, 0.25) is 0 Å². The molecule has 2 atom stereocenters. The Hall–Kier alpha value is -3.84. The monoisotopic (exact) mass is 590 g/mol. The van der Waals surface area contributed by atoms with Crippen LogP contribution in [-0.4, -0.2) is 79.3 Å². The third-order valence-electron chi connectivity index (χ3n) is 7.85. The molecule has 42 heavy (non-hydrogen) atoms. The molecule has 224 valence electrons. The molecule has 2 fully saturated rings. The first-order valence-electron chi connectivity index (χ1n) is 13.6. The van der Waals surface area contributed by atoms with E-state index in [2.05, 4.69) is 20.2 Å². The molecular weight excluding hydrogens is 559 g/mol. The van der Waals surface area contributed by atoms with Crippen LogP contribution in [0, 0.1) is 17.5 Å². The molecule has 0 aliphatic carbocycles. The number of halogens is 5. The maximum Gasteiger partial charge on any atom is 0.264 e. The van der Waals surface area contributed by atoms with Crippen LogP contribution < -0.4 is 15.1 Å². The Bertz CT molecular complexity index is 1440. The van der Waals surface area contributed by atoms with Gasteiger partial charge in [0.25, 0.3) is 12.3 Å². The maximum atomic E-state index is 16.4. The summed E-state index contributed by atoms with van der Waals surface area (Å²) in [5, 5.41) is 2.39. The van der Waals surface area contributed by atoms with Crippen molar-refractivity contribution in [3.8, 4) is 11.1 Å². The van der Waals surface area contributed by atoms with Crippen LogP contribution in [0.25, 0.3) is 11.1 Å². The molecule has 5 rings (SSSR count). The molecule has 2 aromatic carbocycles. The van der Waals surface area contributed by atoms with Gasteiger partial charge in [-0.1, -0.05) is 0 Å². The van der Waals surface area contributed by atoms with Crippen LogP contribution in [-0.2, 0) is 4.74 Å². The van der Waals surface area contributed by atoms with Crippen molar-refractivity contribution in [2.24, 2.45) is 0 Å². The average molecular weight is 591 g/mol. The number of carbonyl (C=O) groups excluding carboxylic acids is 1. The van der Waals surface area contributed by atoms with Gasteiger partial charge in [0.1, 0.15) is 17.3 Å². The summed E-state index contributed by atoms with van der Waals surface area (Å²) >= 11 is 0. The van der Waals surface area contributed by atoms with Crippen molar-refractivity contribution in [2.45, 2.75) is 32.4 Å². The van der Waals surface area contributed by atoms with E-state index < -0.39 is 46.5 Å². The van der Waals surface area contributed by atoms with Crippen LogP contribution in [0.1, 0.15) is 36.2 Å². The number of hydrogen-bond donors (Lipinski definition) is 1. The Kier molecular flexibility index (Phi) is 8.60. The molecule has 0 bridgehead atoms. The molecule has 1 N–H and O–H groups in total. The van der Waals surface area contributed by atoms with Gasteiger partial charge in [0.15, 0.2) is 5.82 Å². The first kappa shape index (κ1) is 29.6. The Labute approximate surface area is 240 Å². The molecule has 1 aromatic heterocycles. The van der Waals surface area contributed by atoms with Gasteiger partial charge in [-0.3, -0.25) is 9.69 Å². The van der Waals surface area contributed by atoms with E-state index in [1.165, 1.54) is 12.4 Å². The maximum absolute atomic E-state index is 16.4. The number of anilines is 3. The van der Waals surface area contributed by atoms with Gasteiger partial charge in [-0.05, 0) is 39.1 Å². The smallest absolute Gasteiger partial charge is 0.264 e. The van der Waals surface area contributed by atoms with Crippen LogP contribution in [0.15, 0.2) is 36.7 Å². The predicted molar refractivity (Wildman–Crippen MR) is 149 cm³/mol. The predicted octanol–water partition coefficient (Wildman–Crippen LogP) is 5.12. The van der Waals surface area contributed by atoms with Gasteiger partial charge in [0.05, 0.1) is 24.5 Å². The molecule has 0 spiro atoms. The molecule has 2 aliphatic heterocycles. The van der Waals surface area contributed by atoms with Crippen molar-refractivity contribution < 1.29 is 31.5 Å². The van der Waals surface area contributed by atoms with E-state index in [9.17, 15) is 18.0 Å². The highest BCUT2D eigenvalue weighted by molar-refractivity contribution is 6.07. The van der Waals surface area contributed by atoms with Crippen molar-refractivity contribution in [1.82, 2.24) is 14.9 Å². The number of nitrogens with one attached hydrogen (secondary N) is 1. The van der Waals surface area contributed by atoms with Crippen molar-refractivity contribution in [1.29, 1.82) is 0 Å². The number of rotatable bonds is 6. The number of piperazine rings is 1.